The second-order valence-electron chi connectivity index (χ2n) is 8.44. The minimum Gasteiger partial charge on any atom is -0.497 e. The maximum absolute atomic E-state index is 13.1. The summed E-state index contributed by atoms with van der Waals surface area (Å²) in [5.41, 5.74) is 1.11. The number of rotatable bonds is 8. The van der Waals surface area contributed by atoms with Gasteiger partial charge in [-0.3, -0.25) is 14.3 Å². The van der Waals surface area contributed by atoms with E-state index in [0.29, 0.717) is 25.3 Å². The predicted octanol–water partition coefficient (Wildman–Crippen LogP) is 3.11. The first-order chi connectivity index (χ1) is 16.0. The predicted molar refractivity (Wildman–Crippen MR) is 123 cm³/mol. The van der Waals surface area contributed by atoms with Crippen molar-refractivity contribution in [3.05, 3.63) is 72.4 Å². The Morgan fingerprint density at radius 2 is 2.03 bits per heavy atom. The smallest absolute Gasteiger partial charge is 0.289 e. The van der Waals surface area contributed by atoms with Gasteiger partial charge in [-0.05, 0) is 61.1 Å². The van der Waals surface area contributed by atoms with Crippen molar-refractivity contribution in [2.24, 2.45) is 5.92 Å². The summed E-state index contributed by atoms with van der Waals surface area (Å²) in [5.74, 6) is 1.32. The van der Waals surface area contributed by atoms with E-state index in [-0.39, 0.29) is 30.3 Å². The Morgan fingerprint density at radius 1 is 1.21 bits per heavy atom. The molecule has 1 aliphatic heterocycles. The molecule has 0 radical (unpaired) electrons. The van der Waals surface area contributed by atoms with Crippen molar-refractivity contribution in [2.45, 2.75) is 31.8 Å². The van der Waals surface area contributed by atoms with Gasteiger partial charge in [0.2, 0.25) is 5.91 Å². The van der Waals surface area contributed by atoms with E-state index in [1.54, 1.807) is 41.2 Å². The lowest BCUT2D eigenvalue weighted by Crippen LogP contribution is -2.48. The second kappa shape index (κ2) is 10.4. The van der Waals surface area contributed by atoms with Gasteiger partial charge in [0.1, 0.15) is 12.3 Å². The van der Waals surface area contributed by atoms with E-state index in [0.717, 1.165) is 24.2 Å². The zero-order valence-corrected chi connectivity index (χ0v) is 19.1. The van der Waals surface area contributed by atoms with Crippen LogP contribution in [-0.4, -0.2) is 64.7 Å². The monoisotopic (exact) mass is 450 g/mol. The number of aromatic nitrogens is 2. The average Bonchev–Trinajstić information content (AvgIpc) is 3.56. The quantitative estimate of drug-likeness (QED) is 0.527. The van der Waals surface area contributed by atoms with Crippen molar-refractivity contribution in [3.8, 4) is 5.75 Å². The molecule has 1 atom stereocenters. The molecule has 3 aromatic rings. The molecule has 2 aromatic heterocycles. The van der Waals surface area contributed by atoms with E-state index < -0.39 is 0 Å². The number of hydrogen-bond donors (Lipinski definition) is 0. The number of amides is 2. The number of hydrogen-bond acceptors (Lipinski definition) is 5. The van der Waals surface area contributed by atoms with Gasteiger partial charge in [-0.2, -0.15) is 5.10 Å². The number of likely N-dealkylation sites (N-methyl/N-ethyl adjacent to an activating group) is 1. The second-order valence-corrected chi connectivity index (χ2v) is 8.44. The molecular weight excluding hydrogens is 420 g/mol. The molecule has 33 heavy (non-hydrogen) atoms. The van der Waals surface area contributed by atoms with Crippen LogP contribution in [0.15, 0.2) is 65.5 Å². The van der Waals surface area contributed by atoms with Crippen LogP contribution in [-0.2, 0) is 17.8 Å². The fourth-order valence-corrected chi connectivity index (χ4v) is 4.55. The van der Waals surface area contributed by atoms with Gasteiger partial charge in [-0.1, -0.05) is 12.1 Å². The van der Waals surface area contributed by atoms with E-state index in [1.807, 2.05) is 36.2 Å². The number of methoxy groups -OCH3 is 1. The SMILES string of the molecule is COc1cccc(CC(C2CCN(C(=O)Cn3cccn3)CC2)N(C)C(=O)c2ccco2)c1. The van der Waals surface area contributed by atoms with Gasteiger partial charge in [0.05, 0.1) is 13.4 Å². The van der Waals surface area contributed by atoms with E-state index in [2.05, 4.69) is 11.2 Å². The van der Waals surface area contributed by atoms with Crippen molar-refractivity contribution in [2.75, 3.05) is 27.2 Å². The Hall–Kier alpha value is -3.55. The largest absolute Gasteiger partial charge is 0.497 e. The van der Waals surface area contributed by atoms with Crippen LogP contribution in [0.5, 0.6) is 5.75 Å². The number of nitrogens with zero attached hydrogens (tertiary/aromatic N) is 4. The molecule has 1 unspecified atom stereocenters. The summed E-state index contributed by atoms with van der Waals surface area (Å²) in [5, 5.41) is 4.13. The number of likely N-dealkylation sites (tertiary alicyclic amines) is 1. The normalized spacial score (nSPS) is 15.3. The molecule has 2 amide bonds. The molecule has 174 valence electrons. The fourth-order valence-electron chi connectivity index (χ4n) is 4.55. The highest BCUT2D eigenvalue weighted by Crippen LogP contribution is 2.28. The Balaban J connectivity index is 1.47. The highest BCUT2D eigenvalue weighted by Gasteiger charge is 2.33. The van der Waals surface area contributed by atoms with Crippen LogP contribution >= 0.6 is 0 Å². The molecule has 1 aliphatic rings. The fraction of sp³-hybridized carbons (Fsp3) is 0.400. The maximum atomic E-state index is 13.1. The van der Waals surface area contributed by atoms with Crippen LogP contribution in [0.1, 0.15) is 29.0 Å². The molecule has 8 nitrogen and oxygen atoms in total. The molecule has 4 rings (SSSR count). The van der Waals surface area contributed by atoms with Gasteiger partial charge in [-0.15, -0.1) is 0 Å². The highest BCUT2D eigenvalue weighted by molar-refractivity contribution is 5.91. The molecule has 1 fully saturated rings. The number of carbonyl (C=O) groups excluding carboxylic acids is 2. The zero-order chi connectivity index (χ0) is 23.2. The van der Waals surface area contributed by atoms with Crippen molar-refractivity contribution < 1.29 is 18.7 Å². The first-order valence-corrected chi connectivity index (χ1v) is 11.2. The Labute approximate surface area is 193 Å². The van der Waals surface area contributed by atoms with Gasteiger partial charge in [0.25, 0.3) is 5.91 Å². The minimum absolute atomic E-state index is 0.0296. The number of piperidine rings is 1. The Morgan fingerprint density at radius 3 is 2.70 bits per heavy atom. The van der Waals surface area contributed by atoms with Crippen molar-refractivity contribution >= 4 is 11.8 Å². The number of carbonyl (C=O) groups is 2. The molecule has 0 N–H and O–H groups in total. The summed E-state index contributed by atoms with van der Waals surface area (Å²) in [4.78, 5) is 29.5. The summed E-state index contributed by atoms with van der Waals surface area (Å²) in [6.07, 6.45) is 7.34. The van der Waals surface area contributed by atoms with Crippen LogP contribution in [0.25, 0.3) is 0 Å². The molecule has 8 heteroatoms. The van der Waals surface area contributed by atoms with E-state index in [1.165, 1.54) is 6.26 Å². The van der Waals surface area contributed by atoms with Gasteiger partial charge >= 0.3 is 0 Å². The molecule has 1 saturated heterocycles. The summed E-state index contributed by atoms with van der Waals surface area (Å²) >= 11 is 0. The van der Waals surface area contributed by atoms with Crippen molar-refractivity contribution in [3.63, 3.8) is 0 Å². The van der Waals surface area contributed by atoms with Gasteiger partial charge in [0.15, 0.2) is 5.76 Å². The average molecular weight is 451 g/mol. The molecular formula is C25H30N4O4. The standard InChI is InChI=1S/C25H30N4O4/c1-27(25(31)23-8-4-15-33-23)22(17-19-6-3-7-21(16-19)32-2)20-9-13-28(14-10-20)24(30)18-29-12-5-11-26-29/h3-8,11-12,15-16,20,22H,9-10,13-14,17-18H2,1-2H3. The Bertz CT molecular complexity index is 1040. The first-order valence-electron chi connectivity index (χ1n) is 11.2. The third-order valence-electron chi connectivity index (χ3n) is 6.42. The maximum Gasteiger partial charge on any atom is 0.289 e. The van der Waals surface area contributed by atoms with Crippen LogP contribution < -0.4 is 4.74 Å². The van der Waals surface area contributed by atoms with E-state index in [4.69, 9.17) is 9.15 Å². The van der Waals surface area contributed by atoms with Crippen LogP contribution in [0.4, 0.5) is 0 Å². The number of furan rings is 1. The lowest BCUT2D eigenvalue weighted by atomic mass is 9.84. The molecule has 0 bridgehead atoms. The van der Waals surface area contributed by atoms with Crippen LogP contribution in [0.2, 0.25) is 0 Å². The molecule has 0 aliphatic carbocycles. The van der Waals surface area contributed by atoms with Gasteiger partial charge in [0, 0.05) is 38.6 Å². The number of benzene rings is 1. The number of ether oxygens (including phenoxy) is 1. The topological polar surface area (TPSA) is 80.8 Å². The Kier molecular flexibility index (Phi) is 7.12. The van der Waals surface area contributed by atoms with E-state index >= 15 is 0 Å². The van der Waals surface area contributed by atoms with Crippen LogP contribution in [0, 0.1) is 5.92 Å². The summed E-state index contributed by atoms with van der Waals surface area (Å²) in [6.45, 7) is 1.59. The lowest BCUT2D eigenvalue weighted by Gasteiger charge is -2.40. The third kappa shape index (κ3) is 5.45. The molecule has 3 heterocycles. The van der Waals surface area contributed by atoms with Crippen LogP contribution in [0.3, 0.4) is 0 Å². The summed E-state index contributed by atoms with van der Waals surface area (Å²) in [6, 6.07) is 13.2. The molecule has 1 aromatic carbocycles. The first kappa shape index (κ1) is 22.6. The summed E-state index contributed by atoms with van der Waals surface area (Å²) in [7, 11) is 3.49. The van der Waals surface area contributed by atoms with Crippen molar-refractivity contribution in [1.82, 2.24) is 19.6 Å². The highest BCUT2D eigenvalue weighted by atomic mass is 16.5. The van der Waals surface area contributed by atoms with E-state index in [9.17, 15) is 9.59 Å². The van der Waals surface area contributed by atoms with Crippen molar-refractivity contribution in [1.29, 1.82) is 0 Å². The van der Waals surface area contributed by atoms with Gasteiger partial charge in [-0.25, -0.2) is 0 Å². The molecule has 0 saturated carbocycles. The molecule has 0 spiro atoms. The minimum atomic E-state index is -0.134. The zero-order valence-electron chi connectivity index (χ0n) is 19.1. The lowest BCUT2D eigenvalue weighted by molar-refractivity contribution is -0.133. The third-order valence-corrected chi connectivity index (χ3v) is 6.42. The summed E-state index contributed by atoms with van der Waals surface area (Å²) < 4.78 is 12.4. The van der Waals surface area contributed by atoms with Gasteiger partial charge < -0.3 is 19.0 Å².